The summed E-state index contributed by atoms with van der Waals surface area (Å²) in [6.07, 6.45) is 0. The third-order valence-electron chi connectivity index (χ3n) is 2.59. The maximum atomic E-state index is 11.6. The molecule has 0 fully saturated rings. The first-order valence-corrected chi connectivity index (χ1v) is 6.58. The van der Waals surface area contributed by atoms with E-state index in [4.69, 9.17) is 0 Å². The Kier molecular flexibility index (Phi) is 4.65. The van der Waals surface area contributed by atoms with Crippen molar-refractivity contribution in [3.05, 3.63) is 0 Å². The van der Waals surface area contributed by atoms with Crippen LogP contribution in [0.4, 0.5) is 0 Å². The van der Waals surface area contributed by atoms with Gasteiger partial charge in [0.25, 0.3) is 0 Å². The van der Waals surface area contributed by atoms with E-state index < -0.39 is 0 Å². The summed E-state index contributed by atoms with van der Waals surface area (Å²) in [6.45, 7) is 6.21. The molecule has 1 rings (SSSR count). The van der Waals surface area contributed by atoms with Crippen LogP contribution >= 0.6 is 11.8 Å². The molecule has 0 aliphatic carbocycles. The predicted octanol–water partition coefficient (Wildman–Crippen LogP) is 1.18. The Bertz CT molecular complexity index is 289. The number of amidine groups is 1. The number of carbonyl (C=O) groups is 1. The zero-order chi connectivity index (χ0) is 12.3. The van der Waals surface area contributed by atoms with Crippen LogP contribution in [0.2, 0.25) is 0 Å². The minimum atomic E-state index is -0.202. The minimum Gasteiger partial charge on any atom is -0.353 e. The van der Waals surface area contributed by atoms with Crippen molar-refractivity contribution >= 4 is 22.8 Å². The highest BCUT2D eigenvalue weighted by molar-refractivity contribution is 8.14. The van der Waals surface area contributed by atoms with Crippen molar-refractivity contribution in [2.45, 2.75) is 32.9 Å². The minimum absolute atomic E-state index is 0.0799. The lowest BCUT2D eigenvalue weighted by Gasteiger charge is -2.18. The first kappa shape index (κ1) is 13.4. The largest absolute Gasteiger partial charge is 0.353 e. The second-order valence-electron chi connectivity index (χ2n) is 4.66. The van der Waals surface area contributed by atoms with Crippen LogP contribution in [-0.4, -0.2) is 47.9 Å². The molecule has 92 valence electrons. The van der Waals surface area contributed by atoms with E-state index >= 15 is 0 Å². The molecule has 2 atom stereocenters. The normalized spacial score (nSPS) is 21.9. The summed E-state index contributed by atoms with van der Waals surface area (Å²) >= 11 is 1.70. The van der Waals surface area contributed by atoms with Crippen molar-refractivity contribution in [3.63, 3.8) is 0 Å². The molecule has 1 aliphatic rings. The van der Waals surface area contributed by atoms with Crippen LogP contribution in [0.15, 0.2) is 4.99 Å². The van der Waals surface area contributed by atoms with E-state index in [1.165, 1.54) is 0 Å². The van der Waals surface area contributed by atoms with Gasteiger partial charge in [-0.25, -0.2) is 0 Å². The maximum Gasteiger partial charge on any atom is 0.244 e. The summed E-state index contributed by atoms with van der Waals surface area (Å²) < 4.78 is 0. The predicted molar refractivity (Wildman–Crippen MR) is 69.8 cm³/mol. The fourth-order valence-electron chi connectivity index (χ4n) is 1.44. The van der Waals surface area contributed by atoms with E-state index in [1.54, 1.807) is 30.8 Å². The number of aliphatic imine (C=N–C) groups is 1. The molecular weight excluding hydrogens is 222 g/mol. The molecule has 0 bridgehead atoms. The van der Waals surface area contributed by atoms with E-state index in [9.17, 15) is 4.79 Å². The van der Waals surface area contributed by atoms with Crippen LogP contribution in [0.1, 0.15) is 20.8 Å². The van der Waals surface area contributed by atoms with Crippen LogP contribution in [0, 0.1) is 5.92 Å². The molecule has 1 N–H and O–H groups in total. The van der Waals surface area contributed by atoms with Gasteiger partial charge < -0.3 is 10.2 Å². The monoisotopic (exact) mass is 243 g/mol. The molecule has 4 nitrogen and oxygen atoms in total. The molecule has 5 heteroatoms. The SMILES string of the molecule is CC(NC1=NC(C(C)C)CS1)C(=O)N(C)C. The highest BCUT2D eigenvalue weighted by atomic mass is 32.2. The Hall–Kier alpha value is -0.710. The fourth-order valence-corrected chi connectivity index (χ4v) is 2.70. The zero-order valence-corrected chi connectivity index (χ0v) is 11.5. The zero-order valence-electron chi connectivity index (χ0n) is 10.7. The number of likely N-dealkylation sites (N-methyl/N-ethyl adjacent to an activating group) is 1. The highest BCUT2D eigenvalue weighted by Crippen LogP contribution is 2.22. The number of thioether (sulfide) groups is 1. The smallest absolute Gasteiger partial charge is 0.244 e. The average molecular weight is 243 g/mol. The first-order valence-electron chi connectivity index (χ1n) is 5.60. The summed E-state index contributed by atoms with van der Waals surface area (Å²) in [5.74, 6) is 1.66. The molecule has 0 aromatic rings. The number of nitrogens with zero attached hydrogens (tertiary/aromatic N) is 2. The number of carbonyl (C=O) groups excluding carboxylic acids is 1. The Morgan fingerprint density at radius 2 is 2.12 bits per heavy atom. The second kappa shape index (κ2) is 5.57. The number of hydrogen-bond acceptors (Lipinski definition) is 4. The second-order valence-corrected chi connectivity index (χ2v) is 5.66. The lowest BCUT2D eigenvalue weighted by atomic mass is 10.1. The van der Waals surface area contributed by atoms with E-state index in [0.29, 0.717) is 12.0 Å². The van der Waals surface area contributed by atoms with Crippen molar-refractivity contribution in [3.8, 4) is 0 Å². The molecule has 1 heterocycles. The quantitative estimate of drug-likeness (QED) is 0.809. The Morgan fingerprint density at radius 1 is 1.50 bits per heavy atom. The van der Waals surface area contributed by atoms with Gasteiger partial charge in [-0.05, 0) is 12.8 Å². The number of rotatable bonds is 3. The molecule has 0 aromatic carbocycles. The standard InChI is InChI=1S/C11H21N3OS/c1-7(2)9-6-16-11(13-9)12-8(3)10(15)14(4)5/h7-9H,6H2,1-5H3,(H,12,13). The highest BCUT2D eigenvalue weighted by Gasteiger charge is 2.23. The van der Waals surface area contributed by atoms with Crippen molar-refractivity contribution < 1.29 is 4.79 Å². The molecular formula is C11H21N3OS. The summed E-state index contributed by atoms with van der Waals surface area (Å²) in [7, 11) is 3.53. The molecule has 16 heavy (non-hydrogen) atoms. The number of nitrogens with one attached hydrogen (secondary N) is 1. The van der Waals surface area contributed by atoms with Crippen molar-refractivity contribution in [1.29, 1.82) is 0 Å². The van der Waals surface area contributed by atoms with Crippen molar-refractivity contribution in [2.24, 2.45) is 10.9 Å². The van der Waals surface area contributed by atoms with Gasteiger partial charge in [-0.1, -0.05) is 25.6 Å². The molecule has 0 spiro atoms. The molecule has 0 saturated heterocycles. The van der Waals surface area contributed by atoms with Crippen molar-refractivity contribution in [1.82, 2.24) is 10.2 Å². The lowest BCUT2D eigenvalue weighted by Crippen LogP contribution is -2.43. The Labute approximate surface area is 102 Å². The van der Waals surface area contributed by atoms with E-state index in [-0.39, 0.29) is 11.9 Å². The van der Waals surface area contributed by atoms with Crippen LogP contribution in [0.3, 0.4) is 0 Å². The van der Waals surface area contributed by atoms with Gasteiger partial charge in [-0.15, -0.1) is 0 Å². The molecule has 0 saturated carbocycles. The third-order valence-corrected chi connectivity index (χ3v) is 3.60. The third kappa shape index (κ3) is 3.40. The Morgan fingerprint density at radius 3 is 2.56 bits per heavy atom. The lowest BCUT2D eigenvalue weighted by molar-refractivity contribution is -0.130. The molecule has 0 radical (unpaired) electrons. The summed E-state index contributed by atoms with van der Waals surface area (Å²) in [6, 6.07) is 0.182. The molecule has 1 aliphatic heterocycles. The van der Waals surface area contributed by atoms with Gasteiger partial charge in [-0.3, -0.25) is 9.79 Å². The van der Waals surface area contributed by atoms with Crippen molar-refractivity contribution in [2.75, 3.05) is 19.8 Å². The average Bonchev–Trinajstić information content (AvgIpc) is 2.64. The van der Waals surface area contributed by atoms with E-state index in [0.717, 1.165) is 10.9 Å². The van der Waals surface area contributed by atoms with Gasteiger partial charge in [0.2, 0.25) is 5.91 Å². The number of amides is 1. The summed E-state index contributed by atoms with van der Waals surface area (Å²) in [5.41, 5.74) is 0. The van der Waals surface area contributed by atoms with E-state index in [1.807, 2.05) is 6.92 Å². The number of hydrogen-bond donors (Lipinski definition) is 1. The molecule has 2 unspecified atom stereocenters. The first-order chi connectivity index (χ1) is 7.41. The molecule has 1 amide bonds. The van der Waals surface area contributed by atoms with Gasteiger partial charge in [-0.2, -0.15) is 0 Å². The summed E-state index contributed by atoms with van der Waals surface area (Å²) in [4.78, 5) is 17.8. The van der Waals surface area contributed by atoms with Crippen LogP contribution < -0.4 is 5.32 Å². The van der Waals surface area contributed by atoms with Gasteiger partial charge in [0.05, 0.1) is 6.04 Å². The topological polar surface area (TPSA) is 44.7 Å². The molecule has 0 aromatic heterocycles. The maximum absolute atomic E-state index is 11.6. The van der Waals surface area contributed by atoms with Gasteiger partial charge in [0.15, 0.2) is 5.17 Å². The van der Waals surface area contributed by atoms with Gasteiger partial charge in [0.1, 0.15) is 6.04 Å². The van der Waals surface area contributed by atoms with Crippen LogP contribution in [0.25, 0.3) is 0 Å². The summed E-state index contributed by atoms with van der Waals surface area (Å²) in [5, 5.41) is 4.07. The van der Waals surface area contributed by atoms with Gasteiger partial charge >= 0.3 is 0 Å². The fraction of sp³-hybridized carbons (Fsp3) is 0.818. The van der Waals surface area contributed by atoms with Gasteiger partial charge in [0, 0.05) is 19.8 Å². The van der Waals surface area contributed by atoms with Crippen LogP contribution in [-0.2, 0) is 4.79 Å². The van der Waals surface area contributed by atoms with E-state index in [2.05, 4.69) is 24.2 Å². The van der Waals surface area contributed by atoms with Crippen LogP contribution in [0.5, 0.6) is 0 Å². The Balaban J connectivity index is 2.50.